The number of hydrogen-bond donors (Lipinski definition) is 3. The summed E-state index contributed by atoms with van der Waals surface area (Å²) in [5.74, 6) is 0.262. The first-order valence-electron chi connectivity index (χ1n) is 6.58. The van der Waals surface area contributed by atoms with E-state index in [0.717, 1.165) is 12.8 Å². The molecule has 5 N–H and O–H groups in total. The van der Waals surface area contributed by atoms with E-state index in [-0.39, 0.29) is 22.3 Å². The third kappa shape index (κ3) is 3.72. The summed E-state index contributed by atoms with van der Waals surface area (Å²) in [5.41, 5.74) is 5.78. The summed E-state index contributed by atoms with van der Waals surface area (Å²) >= 11 is 0. The number of primary sulfonamides is 1. The molecule has 1 aromatic rings. The highest BCUT2D eigenvalue weighted by molar-refractivity contribution is 7.89. The van der Waals surface area contributed by atoms with Crippen LogP contribution in [0.4, 0.5) is 0 Å². The minimum atomic E-state index is -3.88. The molecule has 116 valence electrons. The fraction of sp³-hybridized carbons (Fsp3) is 0.462. The Labute approximate surface area is 123 Å². The Balaban J connectivity index is 2.29. The van der Waals surface area contributed by atoms with Crippen LogP contribution in [0.3, 0.4) is 0 Å². The van der Waals surface area contributed by atoms with Gasteiger partial charge in [-0.1, -0.05) is 0 Å². The standard InChI is InChI=1S/C13H19N3O4S/c1-20-12-5-4-9(21(15,18)19)6-10(12)13(17)16-11(7-14)8-2-3-8/h4-6,8,11H,2-3,7,14H2,1H3,(H,16,17)(H2,15,18,19). The largest absolute Gasteiger partial charge is 0.496 e. The van der Waals surface area contributed by atoms with Gasteiger partial charge >= 0.3 is 0 Å². The number of methoxy groups -OCH3 is 1. The lowest BCUT2D eigenvalue weighted by Gasteiger charge is -2.17. The van der Waals surface area contributed by atoms with Crippen LogP contribution in [0.25, 0.3) is 0 Å². The Morgan fingerprint density at radius 3 is 2.62 bits per heavy atom. The zero-order chi connectivity index (χ0) is 15.6. The van der Waals surface area contributed by atoms with Gasteiger partial charge < -0.3 is 15.8 Å². The zero-order valence-electron chi connectivity index (χ0n) is 11.7. The molecule has 1 amide bonds. The highest BCUT2D eigenvalue weighted by Crippen LogP contribution is 2.32. The van der Waals surface area contributed by atoms with E-state index < -0.39 is 15.9 Å². The maximum Gasteiger partial charge on any atom is 0.255 e. The molecule has 0 radical (unpaired) electrons. The maximum absolute atomic E-state index is 12.3. The van der Waals surface area contributed by atoms with E-state index in [1.54, 1.807) is 0 Å². The fourth-order valence-electron chi connectivity index (χ4n) is 2.16. The molecule has 1 saturated carbocycles. The first kappa shape index (κ1) is 15.7. The monoisotopic (exact) mass is 313 g/mol. The van der Waals surface area contributed by atoms with Gasteiger partial charge in [0.1, 0.15) is 5.75 Å². The van der Waals surface area contributed by atoms with E-state index in [2.05, 4.69) is 5.32 Å². The van der Waals surface area contributed by atoms with Crippen molar-refractivity contribution >= 4 is 15.9 Å². The van der Waals surface area contributed by atoms with Gasteiger partial charge in [0.25, 0.3) is 5.91 Å². The van der Waals surface area contributed by atoms with E-state index in [9.17, 15) is 13.2 Å². The molecule has 1 aromatic carbocycles. The zero-order valence-corrected chi connectivity index (χ0v) is 12.5. The highest BCUT2D eigenvalue weighted by Gasteiger charge is 2.32. The van der Waals surface area contributed by atoms with Gasteiger partial charge in [0, 0.05) is 12.6 Å². The summed E-state index contributed by atoms with van der Waals surface area (Å²) in [7, 11) is -2.48. The maximum atomic E-state index is 12.3. The molecular weight excluding hydrogens is 294 g/mol. The molecule has 1 aliphatic carbocycles. The molecule has 2 rings (SSSR count). The molecule has 8 heteroatoms. The summed E-state index contributed by atoms with van der Waals surface area (Å²) in [6.07, 6.45) is 2.08. The lowest BCUT2D eigenvalue weighted by molar-refractivity contribution is 0.0930. The SMILES string of the molecule is COc1ccc(S(N)(=O)=O)cc1C(=O)NC(CN)C1CC1. The fourth-order valence-corrected chi connectivity index (χ4v) is 2.70. The van der Waals surface area contributed by atoms with Crippen LogP contribution in [0.1, 0.15) is 23.2 Å². The van der Waals surface area contributed by atoms with Gasteiger partial charge in [-0.3, -0.25) is 4.79 Å². The molecule has 0 aliphatic heterocycles. The van der Waals surface area contributed by atoms with Gasteiger partial charge in [0.05, 0.1) is 17.6 Å². The molecule has 1 aliphatic rings. The third-order valence-corrected chi connectivity index (χ3v) is 4.42. The molecule has 7 nitrogen and oxygen atoms in total. The summed E-state index contributed by atoms with van der Waals surface area (Å²) in [4.78, 5) is 12.2. The normalized spacial score (nSPS) is 16.3. The van der Waals surface area contributed by atoms with Crippen LogP contribution >= 0.6 is 0 Å². The van der Waals surface area contributed by atoms with Gasteiger partial charge in [0.15, 0.2) is 0 Å². The third-order valence-electron chi connectivity index (χ3n) is 3.51. The number of hydrogen-bond acceptors (Lipinski definition) is 5. The van der Waals surface area contributed by atoms with Crippen LogP contribution in [-0.2, 0) is 10.0 Å². The minimum Gasteiger partial charge on any atom is -0.496 e. The van der Waals surface area contributed by atoms with Crippen molar-refractivity contribution in [2.75, 3.05) is 13.7 Å². The van der Waals surface area contributed by atoms with Crippen LogP contribution in [-0.4, -0.2) is 34.0 Å². The first-order valence-corrected chi connectivity index (χ1v) is 8.13. The second kappa shape index (κ2) is 6.00. The minimum absolute atomic E-state index is 0.111. The van der Waals surface area contributed by atoms with E-state index in [1.165, 1.54) is 25.3 Å². The van der Waals surface area contributed by atoms with Crippen molar-refractivity contribution in [2.24, 2.45) is 16.8 Å². The van der Waals surface area contributed by atoms with Crippen molar-refractivity contribution in [3.8, 4) is 5.75 Å². The average Bonchev–Trinajstić information content (AvgIpc) is 3.27. The number of rotatable bonds is 6. The summed E-state index contributed by atoms with van der Waals surface area (Å²) in [6.45, 7) is 0.341. The Kier molecular flexibility index (Phi) is 4.50. The predicted molar refractivity (Wildman–Crippen MR) is 77.4 cm³/mol. The van der Waals surface area contributed by atoms with E-state index in [4.69, 9.17) is 15.6 Å². The smallest absolute Gasteiger partial charge is 0.255 e. The lowest BCUT2D eigenvalue weighted by Crippen LogP contribution is -2.41. The Bertz CT molecular complexity index is 641. The first-order chi connectivity index (χ1) is 9.86. The number of nitrogens with one attached hydrogen (secondary N) is 1. The number of carbonyl (C=O) groups is 1. The van der Waals surface area contributed by atoms with Crippen molar-refractivity contribution in [3.63, 3.8) is 0 Å². The quantitative estimate of drug-likeness (QED) is 0.671. The molecule has 0 saturated heterocycles. The number of benzene rings is 1. The number of nitrogens with two attached hydrogens (primary N) is 2. The van der Waals surface area contributed by atoms with E-state index in [1.807, 2.05) is 0 Å². The van der Waals surface area contributed by atoms with Gasteiger partial charge in [-0.15, -0.1) is 0 Å². The van der Waals surface area contributed by atoms with Crippen LogP contribution < -0.4 is 20.9 Å². The summed E-state index contributed by atoms with van der Waals surface area (Å²) in [6, 6.07) is 3.81. The molecule has 1 atom stereocenters. The molecule has 0 bridgehead atoms. The summed E-state index contributed by atoms with van der Waals surface area (Å²) < 4.78 is 27.9. The number of ether oxygens (including phenoxy) is 1. The van der Waals surface area contributed by atoms with Crippen molar-refractivity contribution in [1.29, 1.82) is 0 Å². The average molecular weight is 313 g/mol. The van der Waals surface area contributed by atoms with Crippen LogP contribution in [0.2, 0.25) is 0 Å². The van der Waals surface area contributed by atoms with Gasteiger partial charge in [-0.05, 0) is 37.0 Å². The molecule has 1 fully saturated rings. The Morgan fingerprint density at radius 2 is 2.14 bits per heavy atom. The van der Waals surface area contributed by atoms with Gasteiger partial charge in [0.2, 0.25) is 10.0 Å². The van der Waals surface area contributed by atoms with Crippen LogP contribution in [0.5, 0.6) is 5.75 Å². The summed E-state index contributed by atoms with van der Waals surface area (Å²) in [5, 5.41) is 7.90. The number of sulfonamides is 1. The van der Waals surface area contributed by atoms with Crippen molar-refractivity contribution in [3.05, 3.63) is 23.8 Å². The Hall–Kier alpha value is -1.64. The molecule has 0 spiro atoms. The van der Waals surface area contributed by atoms with E-state index in [0.29, 0.717) is 12.5 Å². The molecule has 21 heavy (non-hydrogen) atoms. The number of amides is 1. The van der Waals surface area contributed by atoms with Crippen LogP contribution in [0, 0.1) is 5.92 Å². The second-order valence-electron chi connectivity index (χ2n) is 5.06. The van der Waals surface area contributed by atoms with Gasteiger partial charge in [-0.25, -0.2) is 13.6 Å². The van der Waals surface area contributed by atoms with Crippen molar-refractivity contribution in [2.45, 2.75) is 23.8 Å². The van der Waals surface area contributed by atoms with E-state index >= 15 is 0 Å². The lowest BCUT2D eigenvalue weighted by atomic mass is 10.1. The molecule has 0 aromatic heterocycles. The van der Waals surface area contributed by atoms with Gasteiger partial charge in [-0.2, -0.15) is 0 Å². The second-order valence-corrected chi connectivity index (χ2v) is 6.62. The molecular formula is C13H19N3O4S. The predicted octanol–water partition coefficient (Wildman–Crippen LogP) is -0.190. The molecule has 0 heterocycles. The Morgan fingerprint density at radius 1 is 1.48 bits per heavy atom. The number of carbonyl (C=O) groups excluding carboxylic acids is 1. The topological polar surface area (TPSA) is 125 Å². The highest BCUT2D eigenvalue weighted by atomic mass is 32.2. The van der Waals surface area contributed by atoms with Crippen LogP contribution in [0.15, 0.2) is 23.1 Å². The van der Waals surface area contributed by atoms with Crippen molar-refractivity contribution in [1.82, 2.24) is 5.32 Å². The molecule has 1 unspecified atom stereocenters. The van der Waals surface area contributed by atoms with Crippen molar-refractivity contribution < 1.29 is 17.9 Å².